The normalized spacial score (nSPS) is 16.5. The first-order valence-electron chi connectivity index (χ1n) is 7.31. The van der Waals surface area contributed by atoms with E-state index in [0.29, 0.717) is 16.9 Å². The van der Waals surface area contributed by atoms with E-state index in [2.05, 4.69) is 0 Å². The van der Waals surface area contributed by atoms with Crippen molar-refractivity contribution < 1.29 is 31.1 Å². The van der Waals surface area contributed by atoms with Crippen molar-refractivity contribution in [3.05, 3.63) is 48.0 Å². The number of amides is 1. The van der Waals surface area contributed by atoms with Crippen molar-refractivity contribution >= 4 is 21.8 Å². The van der Waals surface area contributed by atoms with Gasteiger partial charge in [0.05, 0.1) is 18.4 Å². The molecule has 1 N–H and O–H groups in total. The fraction of sp³-hybridized carbons (Fsp3) is 0.188. The van der Waals surface area contributed by atoms with Gasteiger partial charge in [-0.1, -0.05) is 12.1 Å². The number of nitrogens with one attached hydrogen (secondary N) is 1. The van der Waals surface area contributed by atoms with Crippen LogP contribution in [0.3, 0.4) is 0 Å². The number of nitrogens with zero attached hydrogens (tertiary/aromatic N) is 1. The minimum Gasteiger partial charge on any atom is -0.496 e. The lowest BCUT2D eigenvalue weighted by Gasteiger charge is -2.18. The summed E-state index contributed by atoms with van der Waals surface area (Å²) in [6.45, 7) is -0.374. The third-order valence-corrected chi connectivity index (χ3v) is 5.22. The molecule has 0 radical (unpaired) electrons. The van der Waals surface area contributed by atoms with Crippen molar-refractivity contribution in [2.45, 2.75) is 6.18 Å². The molecular formula is C16H13F3N2O4S. The van der Waals surface area contributed by atoms with Crippen molar-refractivity contribution in [2.24, 2.45) is 0 Å². The Hall–Kier alpha value is -2.75. The molecular weight excluding hydrogens is 373 g/mol. The van der Waals surface area contributed by atoms with Crippen LogP contribution in [-0.2, 0) is 21.2 Å². The van der Waals surface area contributed by atoms with Gasteiger partial charge < -0.3 is 4.74 Å². The number of halogens is 3. The summed E-state index contributed by atoms with van der Waals surface area (Å²) in [4.78, 5) is 11.4. The summed E-state index contributed by atoms with van der Waals surface area (Å²) in [6.07, 6.45) is -4.46. The predicted octanol–water partition coefficient (Wildman–Crippen LogP) is 2.56. The van der Waals surface area contributed by atoms with Crippen molar-refractivity contribution in [1.29, 1.82) is 0 Å². The molecule has 1 aliphatic rings. The van der Waals surface area contributed by atoms with E-state index in [9.17, 15) is 26.4 Å². The van der Waals surface area contributed by atoms with Gasteiger partial charge in [0.25, 0.3) is 5.91 Å². The summed E-state index contributed by atoms with van der Waals surface area (Å²) in [5, 5.41) is 0. The topological polar surface area (TPSA) is 75.7 Å². The van der Waals surface area contributed by atoms with E-state index in [-0.39, 0.29) is 12.2 Å². The molecule has 2 aromatic rings. The summed E-state index contributed by atoms with van der Waals surface area (Å²) < 4.78 is 70.0. The summed E-state index contributed by atoms with van der Waals surface area (Å²) in [5.41, 5.74) is 0.202. The molecule has 0 aliphatic carbocycles. The van der Waals surface area contributed by atoms with E-state index < -0.39 is 27.9 Å². The van der Waals surface area contributed by atoms with E-state index in [1.807, 2.05) is 4.72 Å². The van der Waals surface area contributed by atoms with Gasteiger partial charge in [-0.15, -0.1) is 0 Å². The van der Waals surface area contributed by atoms with Gasteiger partial charge in [-0.25, -0.2) is 9.03 Å². The second-order valence-electron chi connectivity index (χ2n) is 5.50. The van der Waals surface area contributed by atoms with Gasteiger partial charge in [-0.05, 0) is 35.9 Å². The number of carbonyl (C=O) groups excluding carboxylic acids is 1. The van der Waals surface area contributed by atoms with Crippen LogP contribution in [0.4, 0.5) is 18.9 Å². The quantitative estimate of drug-likeness (QED) is 0.880. The Morgan fingerprint density at radius 2 is 1.77 bits per heavy atom. The second kappa shape index (κ2) is 6.20. The van der Waals surface area contributed by atoms with Gasteiger partial charge in [0.2, 0.25) is 0 Å². The van der Waals surface area contributed by atoms with Crippen LogP contribution in [-0.4, -0.2) is 28.0 Å². The first-order chi connectivity index (χ1) is 12.1. The SMILES string of the molecule is COc1ccc(N2CC(=O)NS2(=O)=O)cc1-c1ccc(C(F)(F)F)cc1. The molecule has 26 heavy (non-hydrogen) atoms. The molecule has 0 aromatic heterocycles. The van der Waals surface area contributed by atoms with Crippen LogP contribution in [0.5, 0.6) is 5.75 Å². The number of methoxy groups -OCH3 is 1. The molecule has 10 heteroatoms. The van der Waals surface area contributed by atoms with Crippen molar-refractivity contribution in [3.8, 4) is 16.9 Å². The average molecular weight is 386 g/mol. The summed E-state index contributed by atoms with van der Waals surface area (Å²) in [5.74, 6) is -0.318. The number of carbonyl (C=O) groups is 1. The molecule has 0 spiro atoms. The molecule has 1 fully saturated rings. The van der Waals surface area contributed by atoms with E-state index in [4.69, 9.17) is 4.74 Å². The standard InChI is InChI=1S/C16H13F3N2O4S/c1-25-14-7-6-12(21-9-15(22)20-26(21,23)24)8-13(14)10-2-4-11(5-3-10)16(17,18)19/h2-8H,9H2,1H3,(H,20,22). The maximum Gasteiger partial charge on any atom is 0.416 e. The van der Waals surface area contributed by atoms with Gasteiger partial charge >= 0.3 is 16.4 Å². The molecule has 0 atom stereocenters. The molecule has 3 rings (SSSR count). The minimum atomic E-state index is -4.46. The van der Waals surface area contributed by atoms with E-state index in [1.54, 1.807) is 0 Å². The Bertz CT molecular complexity index is 956. The fourth-order valence-corrected chi connectivity index (χ4v) is 3.73. The Kier molecular flexibility index (Phi) is 4.31. The van der Waals surface area contributed by atoms with Crippen molar-refractivity contribution in [3.63, 3.8) is 0 Å². The second-order valence-corrected chi connectivity index (χ2v) is 7.09. The van der Waals surface area contributed by atoms with Crippen molar-refractivity contribution in [2.75, 3.05) is 18.0 Å². The smallest absolute Gasteiger partial charge is 0.416 e. The highest BCUT2D eigenvalue weighted by Gasteiger charge is 2.34. The molecule has 1 heterocycles. The Morgan fingerprint density at radius 1 is 1.12 bits per heavy atom. The third kappa shape index (κ3) is 3.32. The van der Waals surface area contributed by atoms with Crippen LogP contribution in [0.2, 0.25) is 0 Å². The Labute approximate surface area is 147 Å². The Balaban J connectivity index is 2.05. The summed E-state index contributed by atoms with van der Waals surface area (Å²) in [6, 6.07) is 8.78. The molecule has 0 unspecified atom stereocenters. The van der Waals surface area contributed by atoms with E-state index in [1.165, 1.54) is 37.4 Å². The zero-order valence-electron chi connectivity index (χ0n) is 13.4. The monoisotopic (exact) mass is 386 g/mol. The molecule has 0 saturated carbocycles. The number of rotatable bonds is 3. The molecule has 2 aromatic carbocycles. The van der Waals surface area contributed by atoms with Gasteiger partial charge in [0, 0.05) is 5.56 Å². The van der Waals surface area contributed by atoms with Crippen molar-refractivity contribution in [1.82, 2.24) is 4.72 Å². The zero-order valence-corrected chi connectivity index (χ0v) is 14.2. The molecule has 0 bridgehead atoms. The van der Waals surface area contributed by atoms with Crippen LogP contribution >= 0.6 is 0 Å². The Morgan fingerprint density at radius 3 is 2.27 bits per heavy atom. The number of anilines is 1. The van der Waals surface area contributed by atoms with Gasteiger partial charge in [-0.3, -0.25) is 4.79 Å². The predicted molar refractivity (Wildman–Crippen MR) is 87.8 cm³/mol. The number of alkyl halides is 3. The first kappa shape index (κ1) is 18.1. The summed E-state index contributed by atoms with van der Waals surface area (Å²) >= 11 is 0. The highest BCUT2D eigenvalue weighted by molar-refractivity contribution is 7.92. The molecule has 138 valence electrons. The lowest BCUT2D eigenvalue weighted by atomic mass is 10.0. The summed E-state index contributed by atoms with van der Waals surface area (Å²) in [7, 11) is -2.60. The molecule has 1 amide bonds. The molecule has 1 aliphatic heterocycles. The average Bonchev–Trinajstić information content (AvgIpc) is 2.86. The number of benzene rings is 2. The molecule has 1 saturated heterocycles. The lowest BCUT2D eigenvalue weighted by molar-refractivity contribution is -0.137. The van der Waals surface area contributed by atoms with E-state index >= 15 is 0 Å². The van der Waals surface area contributed by atoms with Crippen LogP contribution < -0.4 is 13.8 Å². The maximum atomic E-state index is 12.7. The largest absolute Gasteiger partial charge is 0.496 e. The third-order valence-electron chi connectivity index (χ3n) is 3.81. The first-order valence-corrected chi connectivity index (χ1v) is 8.75. The lowest BCUT2D eigenvalue weighted by Crippen LogP contribution is -2.29. The van der Waals surface area contributed by atoms with Crippen LogP contribution in [0.15, 0.2) is 42.5 Å². The number of ether oxygens (including phenoxy) is 1. The highest BCUT2D eigenvalue weighted by atomic mass is 32.2. The number of hydrogen-bond acceptors (Lipinski definition) is 4. The zero-order chi connectivity index (χ0) is 19.1. The minimum absolute atomic E-state index is 0.194. The van der Waals surface area contributed by atoms with Crippen LogP contribution in [0.1, 0.15) is 5.56 Å². The van der Waals surface area contributed by atoms with Crippen LogP contribution in [0.25, 0.3) is 11.1 Å². The van der Waals surface area contributed by atoms with Gasteiger partial charge in [0.15, 0.2) is 0 Å². The van der Waals surface area contributed by atoms with Crippen LogP contribution in [0, 0.1) is 0 Å². The highest BCUT2D eigenvalue weighted by Crippen LogP contribution is 2.37. The van der Waals surface area contributed by atoms with E-state index in [0.717, 1.165) is 16.4 Å². The maximum absolute atomic E-state index is 12.7. The molecule has 6 nitrogen and oxygen atoms in total. The van der Waals surface area contributed by atoms with Gasteiger partial charge in [-0.2, -0.15) is 21.6 Å². The van der Waals surface area contributed by atoms with Gasteiger partial charge in [0.1, 0.15) is 12.3 Å². The fourth-order valence-electron chi connectivity index (χ4n) is 2.59. The number of hydrogen-bond donors (Lipinski definition) is 1.